The molecule has 0 fully saturated rings. The molecule has 0 spiro atoms. The van der Waals surface area contributed by atoms with E-state index in [0.29, 0.717) is 11.3 Å². The van der Waals surface area contributed by atoms with Gasteiger partial charge >= 0.3 is 6.09 Å². The zero-order valence-corrected chi connectivity index (χ0v) is 16.2. The van der Waals surface area contributed by atoms with Crippen LogP contribution >= 0.6 is 0 Å². The Balaban J connectivity index is 2.08. The van der Waals surface area contributed by atoms with Crippen molar-refractivity contribution < 1.29 is 36.4 Å². The molecule has 2 aromatic rings. The van der Waals surface area contributed by atoms with Crippen molar-refractivity contribution in [1.82, 2.24) is 5.48 Å². The van der Waals surface area contributed by atoms with Gasteiger partial charge in [0.1, 0.15) is 5.56 Å². The van der Waals surface area contributed by atoms with Crippen LogP contribution in [0.15, 0.2) is 18.2 Å². The normalized spacial score (nSPS) is 10.5. The maximum Gasteiger partial charge on any atom is 0.436 e. The average Bonchev–Trinajstić information content (AvgIpc) is 2.72. The highest BCUT2D eigenvalue weighted by molar-refractivity contribution is 5.95. The third-order valence-electron chi connectivity index (χ3n) is 4.25. The van der Waals surface area contributed by atoms with Crippen LogP contribution in [0.2, 0.25) is 0 Å². The molecule has 11 heteroatoms. The number of hydrogen-bond acceptors (Lipinski definition) is 4. The number of nitrogens with one attached hydrogen (secondary N) is 2. The monoisotopic (exact) mass is 431 g/mol. The van der Waals surface area contributed by atoms with E-state index in [0.717, 1.165) is 18.8 Å². The van der Waals surface area contributed by atoms with Crippen molar-refractivity contribution in [1.29, 1.82) is 0 Å². The lowest BCUT2D eigenvalue weighted by Crippen LogP contribution is -2.31. The molecule has 30 heavy (non-hydrogen) atoms. The van der Waals surface area contributed by atoms with Crippen molar-refractivity contribution in [2.75, 3.05) is 23.3 Å². The summed E-state index contributed by atoms with van der Waals surface area (Å²) in [5.41, 5.74) is 1.46. The summed E-state index contributed by atoms with van der Waals surface area (Å²) in [5.74, 6) is -13.5. The van der Waals surface area contributed by atoms with Crippen molar-refractivity contribution >= 4 is 23.4 Å². The van der Waals surface area contributed by atoms with Gasteiger partial charge in [-0.2, -0.15) is 5.48 Å². The van der Waals surface area contributed by atoms with Gasteiger partial charge in [0.15, 0.2) is 23.3 Å². The fourth-order valence-corrected chi connectivity index (χ4v) is 2.66. The number of aryl methyl sites for hydroxylation is 1. The summed E-state index contributed by atoms with van der Waals surface area (Å²) in [6.07, 6.45) is -1.24. The molecule has 0 aromatic heterocycles. The number of benzene rings is 2. The lowest BCUT2D eigenvalue weighted by atomic mass is 10.1. The lowest BCUT2D eigenvalue weighted by molar-refractivity contribution is 0.0603. The maximum absolute atomic E-state index is 13.6. The van der Waals surface area contributed by atoms with Crippen LogP contribution in [0.4, 0.5) is 38.1 Å². The molecule has 0 aliphatic heterocycles. The number of rotatable bonds is 5. The standard InChI is InChI=1S/C19H18F5N3O3/c1-4-27(5-2)10-6-7-11(9(3)8-10)25-19(29)30-26-18(28)12-13(20)15(22)17(24)16(23)14(12)21/h6-8H,4-5H2,1-3H3,(H,25,29)(H,26,28). The fraction of sp³-hybridized carbons (Fsp3) is 0.263. The molecule has 0 aliphatic rings. The summed E-state index contributed by atoms with van der Waals surface area (Å²) in [6.45, 7) is 7.21. The van der Waals surface area contributed by atoms with Crippen molar-refractivity contribution in [3.05, 3.63) is 58.4 Å². The van der Waals surface area contributed by atoms with Gasteiger partial charge in [0.25, 0.3) is 5.91 Å². The third-order valence-corrected chi connectivity index (χ3v) is 4.25. The second-order valence-electron chi connectivity index (χ2n) is 6.06. The summed E-state index contributed by atoms with van der Waals surface area (Å²) in [6, 6.07) is 5.12. The summed E-state index contributed by atoms with van der Waals surface area (Å²) in [7, 11) is 0. The first-order valence-electron chi connectivity index (χ1n) is 8.77. The lowest BCUT2D eigenvalue weighted by Gasteiger charge is -2.22. The predicted molar refractivity (Wildman–Crippen MR) is 98.5 cm³/mol. The Morgan fingerprint density at radius 3 is 1.97 bits per heavy atom. The Bertz CT molecular complexity index is 951. The topological polar surface area (TPSA) is 70.7 Å². The average molecular weight is 431 g/mol. The van der Waals surface area contributed by atoms with E-state index in [-0.39, 0.29) is 0 Å². The van der Waals surface area contributed by atoms with E-state index in [1.165, 1.54) is 5.48 Å². The molecule has 0 atom stereocenters. The first-order valence-corrected chi connectivity index (χ1v) is 8.77. The van der Waals surface area contributed by atoms with E-state index in [1.807, 2.05) is 13.8 Å². The second kappa shape index (κ2) is 9.42. The number of carbonyl (C=O) groups is 2. The minimum absolute atomic E-state index is 0.321. The van der Waals surface area contributed by atoms with Gasteiger partial charge in [0.05, 0.1) is 0 Å². The highest BCUT2D eigenvalue weighted by Gasteiger charge is 2.30. The van der Waals surface area contributed by atoms with E-state index in [2.05, 4.69) is 15.1 Å². The van der Waals surface area contributed by atoms with Crippen LogP contribution in [0.3, 0.4) is 0 Å². The van der Waals surface area contributed by atoms with Crippen LogP contribution in [0.1, 0.15) is 29.8 Å². The van der Waals surface area contributed by atoms with Crippen molar-refractivity contribution in [3.63, 3.8) is 0 Å². The van der Waals surface area contributed by atoms with Gasteiger partial charge in [-0.25, -0.2) is 26.7 Å². The van der Waals surface area contributed by atoms with E-state index in [9.17, 15) is 31.5 Å². The van der Waals surface area contributed by atoms with Gasteiger partial charge in [-0.05, 0) is 44.5 Å². The van der Waals surface area contributed by atoms with Gasteiger partial charge in [0.2, 0.25) is 5.82 Å². The molecule has 0 unspecified atom stereocenters. The number of carbonyl (C=O) groups excluding carboxylic acids is 2. The molecular formula is C19H18F5N3O3. The molecule has 0 aliphatic carbocycles. The van der Waals surface area contributed by atoms with Crippen LogP contribution in [-0.2, 0) is 4.84 Å². The Morgan fingerprint density at radius 2 is 1.47 bits per heavy atom. The van der Waals surface area contributed by atoms with Crippen LogP contribution < -0.4 is 15.7 Å². The number of amides is 2. The SMILES string of the molecule is CCN(CC)c1ccc(NC(=O)ONC(=O)c2c(F)c(F)c(F)c(F)c2F)c(C)c1. The van der Waals surface area contributed by atoms with Gasteiger partial charge < -0.3 is 9.74 Å². The third kappa shape index (κ3) is 4.61. The second-order valence-corrected chi connectivity index (χ2v) is 6.06. The molecule has 162 valence electrons. The van der Waals surface area contributed by atoms with Gasteiger partial charge in [0, 0.05) is 24.5 Å². The summed E-state index contributed by atoms with van der Waals surface area (Å²) in [5, 5.41) is 2.29. The highest BCUT2D eigenvalue weighted by atomic mass is 19.2. The Hall–Kier alpha value is -3.37. The summed E-state index contributed by atoms with van der Waals surface area (Å²) >= 11 is 0. The van der Waals surface area contributed by atoms with E-state index in [1.54, 1.807) is 25.1 Å². The highest BCUT2D eigenvalue weighted by Crippen LogP contribution is 2.24. The minimum atomic E-state index is -2.41. The fourth-order valence-electron chi connectivity index (χ4n) is 2.66. The zero-order chi connectivity index (χ0) is 22.6. The molecule has 0 radical (unpaired) electrons. The van der Waals surface area contributed by atoms with Crippen LogP contribution in [0.5, 0.6) is 0 Å². The summed E-state index contributed by atoms with van der Waals surface area (Å²) < 4.78 is 66.6. The van der Waals surface area contributed by atoms with Crippen LogP contribution in [0.25, 0.3) is 0 Å². The van der Waals surface area contributed by atoms with Gasteiger partial charge in [-0.15, -0.1) is 0 Å². The zero-order valence-electron chi connectivity index (χ0n) is 16.2. The first-order chi connectivity index (χ1) is 14.1. The molecule has 2 rings (SSSR count). The molecule has 0 bridgehead atoms. The van der Waals surface area contributed by atoms with E-state index in [4.69, 9.17) is 0 Å². The molecule has 0 heterocycles. The molecule has 6 nitrogen and oxygen atoms in total. The van der Waals surface area contributed by atoms with Gasteiger partial charge in [-0.3, -0.25) is 10.1 Å². The number of anilines is 2. The number of halogens is 5. The molecule has 2 N–H and O–H groups in total. The largest absolute Gasteiger partial charge is 0.436 e. The smallest absolute Gasteiger partial charge is 0.372 e. The maximum atomic E-state index is 13.6. The predicted octanol–water partition coefficient (Wildman–Crippen LogP) is 4.43. The molecule has 2 aromatic carbocycles. The molecule has 0 saturated heterocycles. The molecular weight excluding hydrogens is 413 g/mol. The number of nitrogens with zero attached hydrogens (tertiary/aromatic N) is 1. The summed E-state index contributed by atoms with van der Waals surface area (Å²) in [4.78, 5) is 30.0. The van der Waals surface area contributed by atoms with Crippen molar-refractivity contribution in [2.45, 2.75) is 20.8 Å². The molecule has 0 saturated carbocycles. The minimum Gasteiger partial charge on any atom is -0.372 e. The van der Waals surface area contributed by atoms with Crippen molar-refractivity contribution in [3.8, 4) is 0 Å². The number of hydroxylamine groups is 1. The Kier molecular flexibility index (Phi) is 7.19. The van der Waals surface area contributed by atoms with Crippen molar-refractivity contribution in [2.24, 2.45) is 0 Å². The van der Waals surface area contributed by atoms with Crippen LogP contribution in [-0.4, -0.2) is 25.1 Å². The van der Waals surface area contributed by atoms with E-state index >= 15 is 0 Å². The number of hydrogen-bond donors (Lipinski definition) is 2. The first kappa shape index (κ1) is 22.9. The van der Waals surface area contributed by atoms with Crippen LogP contribution in [0, 0.1) is 36.0 Å². The Morgan fingerprint density at radius 1 is 0.933 bits per heavy atom. The van der Waals surface area contributed by atoms with Gasteiger partial charge in [-0.1, -0.05) is 0 Å². The quantitative estimate of drug-likeness (QED) is 0.318. The Labute approximate surface area is 168 Å². The van der Waals surface area contributed by atoms with E-state index < -0.39 is 46.6 Å². The molecule has 2 amide bonds.